The smallest absolute Gasteiger partial charge is 0.366 e. The van der Waals surface area contributed by atoms with E-state index in [0.717, 1.165) is 18.2 Å². The van der Waals surface area contributed by atoms with Gasteiger partial charge in [-0.1, -0.05) is 11.6 Å². The molecule has 0 aliphatic heterocycles. The van der Waals surface area contributed by atoms with Gasteiger partial charge >= 0.3 is 6.18 Å². The molecule has 3 nitrogen and oxygen atoms in total. The zero-order valence-electron chi connectivity index (χ0n) is 10.3. The lowest BCUT2D eigenvalue weighted by atomic mass is 10.0. The average molecular weight is 303 g/mol. The molecule has 0 saturated carbocycles. The topological polar surface area (TPSA) is 48.0 Å². The van der Waals surface area contributed by atoms with Crippen LogP contribution in [0.5, 0.6) is 0 Å². The van der Waals surface area contributed by atoms with Crippen molar-refractivity contribution in [1.29, 1.82) is 0 Å². The second kappa shape index (κ2) is 4.86. The fraction of sp³-hybridized carbons (Fsp3) is 0.154. The molecule has 2 aromatic rings. The van der Waals surface area contributed by atoms with E-state index in [-0.39, 0.29) is 21.8 Å². The molecule has 0 aliphatic carbocycles. The Hall–Kier alpha value is -1.95. The van der Waals surface area contributed by atoms with Crippen molar-refractivity contribution in [3.8, 4) is 11.3 Å². The number of amides is 1. The summed E-state index contributed by atoms with van der Waals surface area (Å²) in [5.74, 6) is -0.728. The molecule has 1 heterocycles. The number of primary amides is 1. The van der Waals surface area contributed by atoms with E-state index < -0.39 is 17.6 Å². The van der Waals surface area contributed by atoms with E-state index in [2.05, 4.69) is 0 Å². The van der Waals surface area contributed by atoms with Crippen molar-refractivity contribution in [3.63, 3.8) is 0 Å². The standard InChI is InChI=1S/C13H10ClF3N2O/c1-19-5-4-8(12(18)20)11(19)9-6-7(13(15,16)17)2-3-10(9)14/h2-6H,1H3,(H2,18,20). The quantitative estimate of drug-likeness (QED) is 0.907. The summed E-state index contributed by atoms with van der Waals surface area (Å²) in [6.45, 7) is 0. The minimum Gasteiger partial charge on any atom is -0.366 e. The molecule has 1 amide bonds. The van der Waals surface area contributed by atoms with Crippen LogP contribution in [0.4, 0.5) is 13.2 Å². The monoisotopic (exact) mass is 302 g/mol. The molecule has 0 radical (unpaired) electrons. The molecule has 1 aromatic carbocycles. The maximum atomic E-state index is 12.8. The number of aryl methyl sites for hydroxylation is 1. The van der Waals surface area contributed by atoms with Crippen molar-refractivity contribution in [1.82, 2.24) is 4.57 Å². The number of hydrogen-bond donors (Lipinski definition) is 1. The van der Waals surface area contributed by atoms with Gasteiger partial charge in [0.05, 0.1) is 16.8 Å². The second-order valence-corrected chi connectivity index (χ2v) is 4.65. The van der Waals surface area contributed by atoms with Gasteiger partial charge in [-0.2, -0.15) is 13.2 Å². The first-order valence-electron chi connectivity index (χ1n) is 5.54. The molecule has 7 heteroatoms. The number of benzene rings is 1. The van der Waals surface area contributed by atoms with Crippen LogP contribution in [-0.4, -0.2) is 10.5 Å². The minimum absolute atomic E-state index is 0.113. The van der Waals surface area contributed by atoms with Gasteiger partial charge in [-0.15, -0.1) is 0 Å². The molecule has 20 heavy (non-hydrogen) atoms. The Bertz CT molecular complexity index is 677. The maximum absolute atomic E-state index is 12.8. The Morgan fingerprint density at radius 1 is 1.30 bits per heavy atom. The first kappa shape index (κ1) is 14.5. The molecule has 1 aromatic heterocycles. The van der Waals surface area contributed by atoms with E-state index in [4.69, 9.17) is 17.3 Å². The minimum atomic E-state index is -4.49. The highest BCUT2D eigenvalue weighted by Crippen LogP contribution is 2.37. The molecular formula is C13H10ClF3N2O. The number of carbonyl (C=O) groups is 1. The van der Waals surface area contributed by atoms with Crippen molar-refractivity contribution in [2.24, 2.45) is 12.8 Å². The third-order valence-corrected chi connectivity index (χ3v) is 3.22. The zero-order chi connectivity index (χ0) is 15.1. The third kappa shape index (κ3) is 2.51. The summed E-state index contributed by atoms with van der Waals surface area (Å²) >= 11 is 5.95. The van der Waals surface area contributed by atoms with E-state index in [9.17, 15) is 18.0 Å². The van der Waals surface area contributed by atoms with E-state index in [1.165, 1.54) is 16.8 Å². The van der Waals surface area contributed by atoms with Crippen molar-refractivity contribution in [2.75, 3.05) is 0 Å². The predicted octanol–water partition coefficient (Wildman–Crippen LogP) is 3.46. The fourth-order valence-corrected chi connectivity index (χ4v) is 2.15. The van der Waals surface area contributed by atoms with Gasteiger partial charge in [0.25, 0.3) is 5.91 Å². The molecule has 2 rings (SSSR count). The largest absolute Gasteiger partial charge is 0.416 e. The Balaban J connectivity index is 2.70. The molecule has 0 unspecified atom stereocenters. The SMILES string of the molecule is Cn1ccc(C(N)=O)c1-c1cc(C(F)(F)F)ccc1Cl. The Morgan fingerprint density at radius 3 is 2.50 bits per heavy atom. The highest BCUT2D eigenvalue weighted by atomic mass is 35.5. The van der Waals surface area contributed by atoms with Crippen molar-refractivity contribution in [3.05, 3.63) is 46.6 Å². The number of aromatic nitrogens is 1. The summed E-state index contributed by atoms with van der Waals surface area (Å²) in [5, 5.41) is 0.113. The normalized spacial score (nSPS) is 11.7. The van der Waals surface area contributed by atoms with Crippen molar-refractivity contribution in [2.45, 2.75) is 6.18 Å². The number of carbonyl (C=O) groups excluding carboxylic acids is 1. The molecule has 0 saturated heterocycles. The number of alkyl halides is 3. The Labute approximate surface area is 117 Å². The number of halogens is 4. The van der Waals surface area contributed by atoms with Crippen LogP contribution in [0.15, 0.2) is 30.5 Å². The van der Waals surface area contributed by atoms with E-state index in [1.54, 1.807) is 7.05 Å². The second-order valence-electron chi connectivity index (χ2n) is 4.25. The first-order chi connectivity index (χ1) is 9.21. The highest BCUT2D eigenvalue weighted by Gasteiger charge is 2.31. The Kier molecular flexibility index (Phi) is 3.52. The summed E-state index contributed by atoms with van der Waals surface area (Å²) in [7, 11) is 1.60. The van der Waals surface area contributed by atoms with Crippen molar-refractivity contribution >= 4 is 17.5 Å². The zero-order valence-corrected chi connectivity index (χ0v) is 11.1. The van der Waals surface area contributed by atoms with E-state index in [0.29, 0.717) is 0 Å². The Morgan fingerprint density at radius 2 is 1.95 bits per heavy atom. The van der Waals surface area contributed by atoms with Gasteiger partial charge in [-0.3, -0.25) is 4.79 Å². The number of rotatable bonds is 2. The molecule has 0 bridgehead atoms. The van der Waals surface area contributed by atoms with Crippen LogP contribution in [0.1, 0.15) is 15.9 Å². The van der Waals surface area contributed by atoms with Gasteiger partial charge in [-0.25, -0.2) is 0 Å². The molecular weight excluding hydrogens is 293 g/mol. The lowest BCUT2D eigenvalue weighted by Gasteiger charge is -2.12. The molecule has 2 N–H and O–H groups in total. The van der Waals surface area contributed by atoms with Crippen LogP contribution in [0.2, 0.25) is 5.02 Å². The summed E-state index contributed by atoms with van der Waals surface area (Å²) in [6, 6.07) is 4.38. The van der Waals surface area contributed by atoms with Gasteiger partial charge in [0.1, 0.15) is 0 Å². The highest BCUT2D eigenvalue weighted by molar-refractivity contribution is 6.33. The molecule has 0 fully saturated rings. The molecule has 0 spiro atoms. The summed E-state index contributed by atoms with van der Waals surface area (Å²) in [4.78, 5) is 11.3. The summed E-state index contributed by atoms with van der Waals surface area (Å²) < 4.78 is 39.8. The van der Waals surface area contributed by atoms with Crippen LogP contribution < -0.4 is 5.73 Å². The van der Waals surface area contributed by atoms with Crippen LogP contribution in [0.25, 0.3) is 11.3 Å². The van der Waals surface area contributed by atoms with Gasteiger partial charge in [0, 0.05) is 23.8 Å². The number of nitrogens with two attached hydrogens (primary N) is 1. The van der Waals surface area contributed by atoms with Crippen LogP contribution in [0.3, 0.4) is 0 Å². The average Bonchev–Trinajstić information content (AvgIpc) is 2.70. The van der Waals surface area contributed by atoms with E-state index >= 15 is 0 Å². The van der Waals surface area contributed by atoms with Crippen LogP contribution in [-0.2, 0) is 13.2 Å². The lowest BCUT2D eigenvalue weighted by molar-refractivity contribution is -0.137. The van der Waals surface area contributed by atoms with Gasteiger partial charge in [-0.05, 0) is 24.3 Å². The van der Waals surface area contributed by atoms with E-state index in [1.807, 2.05) is 0 Å². The van der Waals surface area contributed by atoms with Gasteiger partial charge < -0.3 is 10.3 Å². The third-order valence-electron chi connectivity index (χ3n) is 2.89. The predicted molar refractivity (Wildman–Crippen MR) is 69.4 cm³/mol. The maximum Gasteiger partial charge on any atom is 0.416 e. The van der Waals surface area contributed by atoms with Gasteiger partial charge in [0.15, 0.2) is 0 Å². The molecule has 0 aliphatic rings. The van der Waals surface area contributed by atoms with Crippen LogP contribution >= 0.6 is 11.6 Å². The number of hydrogen-bond acceptors (Lipinski definition) is 1. The number of nitrogens with zero attached hydrogens (tertiary/aromatic N) is 1. The summed E-state index contributed by atoms with van der Waals surface area (Å²) in [6.07, 6.45) is -2.95. The molecule has 106 valence electrons. The van der Waals surface area contributed by atoms with Crippen LogP contribution in [0, 0.1) is 0 Å². The molecule has 0 atom stereocenters. The van der Waals surface area contributed by atoms with Crippen molar-refractivity contribution < 1.29 is 18.0 Å². The fourth-order valence-electron chi connectivity index (χ4n) is 1.95. The summed E-state index contributed by atoms with van der Waals surface area (Å²) in [5.41, 5.74) is 4.87. The van der Waals surface area contributed by atoms with Gasteiger partial charge in [0.2, 0.25) is 0 Å². The first-order valence-corrected chi connectivity index (χ1v) is 5.92. The lowest BCUT2D eigenvalue weighted by Crippen LogP contribution is -2.12.